The minimum Gasteiger partial charge on any atom is -0.255 e. The molecular formula is C25H20BrN3. The molecule has 0 N–H and O–H groups in total. The van der Waals surface area contributed by atoms with Crippen molar-refractivity contribution in [2.45, 2.75) is 20.8 Å². The van der Waals surface area contributed by atoms with Crippen molar-refractivity contribution in [2.24, 2.45) is 0 Å². The van der Waals surface area contributed by atoms with E-state index in [1.54, 1.807) is 0 Å². The lowest BCUT2D eigenvalue weighted by Crippen LogP contribution is -1.98. The molecule has 0 spiro atoms. The summed E-state index contributed by atoms with van der Waals surface area (Å²) in [6, 6.07) is 21.2. The predicted molar refractivity (Wildman–Crippen MR) is 124 cm³/mol. The van der Waals surface area contributed by atoms with E-state index in [-0.39, 0.29) is 0 Å². The van der Waals surface area contributed by atoms with Crippen LogP contribution in [0.15, 0.2) is 71.3 Å². The van der Waals surface area contributed by atoms with Gasteiger partial charge in [0.1, 0.15) is 5.69 Å². The van der Waals surface area contributed by atoms with Gasteiger partial charge in [-0.25, -0.2) is 4.68 Å². The predicted octanol–water partition coefficient (Wildman–Crippen LogP) is 6.93. The molecule has 3 nitrogen and oxygen atoms in total. The first-order valence-electron chi connectivity index (χ1n) is 9.63. The summed E-state index contributed by atoms with van der Waals surface area (Å²) in [6.45, 7) is 6.39. The first kappa shape index (κ1) is 18.1. The molecule has 0 bridgehead atoms. The Morgan fingerprint density at radius 3 is 2.34 bits per heavy atom. The smallest absolute Gasteiger partial charge is 0.102 e. The summed E-state index contributed by atoms with van der Waals surface area (Å²) in [5, 5.41) is 7.25. The van der Waals surface area contributed by atoms with Gasteiger partial charge >= 0.3 is 0 Å². The van der Waals surface area contributed by atoms with Gasteiger partial charge < -0.3 is 0 Å². The van der Waals surface area contributed by atoms with Crippen molar-refractivity contribution in [1.29, 1.82) is 0 Å². The summed E-state index contributed by atoms with van der Waals surface area (Å²) in [5.74, 6) is 0. The fourth-order valence-electron chi connectivity index (χ4n) is 3.76. The summed E-state index contributed by atoms with van der Waals surface area (Å²) < 4.78 is 3.13. The van der Waals surface area contributed by atoms with Crippen LogP contribution >= 0.6 is 15.9 Å². The van der Waals surface area contributed by atoms with Crippen LogP contribution in [-0.2, 0) is 0 Å². The van der Waals surface area contributed by atoms with E-state index in [1.807, 2.05) is 6.20 Å². The van der Waals surface area contributed by atoms with E-state index < -0.39 is 0 Å². The largest absolute Gasteiger partial charge is 0.255 e. The van der Waals surface area contributed by atoms with Crippen molar-refractivity contribution >= 4 is 37.7 Å². The van der Waals surface area contributed by atoms with Crippen molar-refractivity contribution in [2.75, 3.05) is 0 Å². The van der Waals surface area contributed by atoms with Crippen LogP contribution < -0.4 is 0 Å². The molecule has 0 radical (unpaired) electrons. The summed E-state index contributed by atoms with van der Waals surface area (Å²) in [4.78, 5) is 4.73. The van der Waals surface area contributed by atoms with Gasteiger partial charge in [-0.3, -0.25) is 4.98 Å². The average molecular weight is 442 g/mol. The SMILES string of the molecule is Cc1ccc2ncc3c(-c4ccc(Br)cc4)nn(-c4ccc(C)c(C)c4)c3c2c1. The number of fused-ring (bicyclic) bond motifs is 3. The Bertz CT molecular complexity index is 1380. The van der Waals surface area contributed by atoms with Crippen LogP contribution in [0.2, 0.25) is 0 Å². The third kappa shape index (κ3) is 3.04. The molecule has 142 valence electrons. The van der Waals surface area contributed by atoms with Crippen LogP contribution in [0.1, 0.15) is 16.7 Å². The van der Waals surface area contributed by atoms with Crippen LogP contribution in [0.3, 0.4) is 0 Å². The van der Waals surface area contributed by atoms with E-state index in [4.69, 9.17) is 10.1 Å². The molecule has 0 saturated carbocycles. The normalized spacial score (nSPS) is 11.4. The number of pyridine rings is 1. The monoisotopic (exact) mass is 441 g/mol. The van der Waals surface area contributed by atoms with E-state index in [9.17, 15) is 0 Å². The van der Waals surface area contributed by atoms with Gasteiger partial charge in [-0.15, -0.1) is 0 Å². The van der Waals surface area contributed by atoms with E-state index >= 15 is 0 Å². The van der Waals surface area contributed by atoms with Crippen LogP contribution in [0.25, 0.3) is 38.8 Å². The number of aromatic nitrogens is 3. The number of rotatable bonds is 2. The highest BCUT2D eigenvalue weighted by molar-refractivity contribution is 9.10. The third-order valence-corrected chi connectivity index (χ3v) is 6.04. The lowest BCUT2D eigenvalue weighted by molar-refractivity contribution is 0.915. The van der Waals surface area contributed by atoms with Gasteiger partial charge in [0.15, 0.2) is 0 Å². The first-order chi connectivity index (χ1) is 14.0. The lowest BCUT2D eigenvalue weighted by Gasteiger charge is -2.09. The second-order valence-corrected chi connectivity index (χ2v) is 8.49. The Morgan fingerprint density at radius 1 is 0.793 bits per heavy atom. The zero-order chi connectivity index (χ0) is 20.1. The molecule has 0 atom stereocenters. The van der Waals surface area contributed by atoms with Crippen LogP contribution in [-0.4, -0.2) is 14.8 Å². The maximum Gasteiger partial charge on any atom is 0.102 e. The molecule has 0 saturated heterocycles. The lowest BCUT2D eigenvalue weighted by atomic mass is 10.1. The maximum atomic E-state index is 5.07. The molecule has 4 heteroatoms. The van der Waals surface area contributed by atoms with Crippen molar-refractivity contribution in [1.82, 2.24) is 14.8 Å². The van der Waals surface area contributed by atoms with Gasteiger partial charge in [0, 0.05) is 27.0 Å². The zero-order valence-electron chi connectivity index (χ0n) is 16.6. The molecule has 3 aromatic carbocycles. The molecular weight excluding hydrogens is 422 g/mol. The molecule has 5 rings (SSSR count). The minimum atomic E-state index is 0.946. The second kappa shape index (κ2) is 6.82. The molecule has 29 heavy (non-hydrogen) atoms. The fraction of sp³-hybridized carbons (Fsp3) is 0.120. The fourth-order valence-corrected chi connectivity index (χ4v) is 4.03. The third-order valence-electron chi connectivity index (χ3n) is 5.51. The number of nitrogens with zero attached hydrogens (tertiary/aromatic N) is 3. The molecule has 5 aromatic rings. The molecule has 0 amide bonds. The van der Waals surface area contributed by atoms with Crippen LogP contribution in [0.5, 0.6) is 0 Å². The number of aryl methyl sites for hydroxylation is 3. The van der Waals surface area contributed by atoms with Crippen molar-refractivity contribution in [3.05, 3.63) is 88.0 Å². The Labute approximate surface area is 178 Å². The highest BCUT2D eigenvalue weighted by atomic mass is 79.9. The highest BCUT2D eigenvalue weighted by Crippen LogP contribution is 2.34. The van der Waals surface area contributed by atoms with Crippen molar-refractivity contribution < 1.29 is 0 Å². The highest BCUT2D eigenvalue weighted by Gasteiger charge is 2.17. The summed E-state index contributed by atoms with van der Waals surface area (Å²) in [7, 11) is 0. The maximum absolute atomic E-state index is 5.07. The molecule has 0 unspecified atom stereocenters. The van der Waals surface area contributed by atoms with Gasteiger partial charge in [-0.1, -0.05) is 45.8 Å². The van der Waals surface area contributed by atoms with Crippen molar-refractivity contribution in [3.8, 4) is 16.9 Å². The van der Waals surface area contributed by atoms with E-state index in [2.05, 4.69) is 102 Å². The summed E-state index contributed by atoms with van der Waals surface area (Å²) in [6.07, 6.45) is 1.95. The number of hydrogen-bond acceptors (Lipinski definition) is 2. The quantitative estimate of drug-likeness (QED) is 0.297. The molecule has 0 aliphatic carbocycles. The molecule has 0 fully saturated rings. The molecule has 2 heterocycles. The zero-order valence-corrected chi connectivity index (χ0v) is 18.2. The average Bonchev–Trinajstić information content (AvgIpc) is 3.11. The number of benzene rings is 3. The number of halogens is 1. The number of hydrogen-bond donors (Lipinski definition) is 0. The minimum absolute atomic E-state index is 0.946. The Hall–Kier alpha value is -2.98. The Kier molecular flexibility index (Phi) is 4.25. The van der Waals surface area contributed by atoms with Gasteiger partial charge in [0.05, 0.1) is 16.7 Å². The van der Waals surface area contributed by atoms with Gasteiger partial charge in [-0.2, -0.15) is 5.10 Å². The molecule has 0 aliphatic rings. The van der Waals surface area contributed by atoms with E-state index in [1.165, 1.54) is 16.7 Å². The van der Waals surface area contributed by atoms with Crippen LogP contribution in [0, 0.1) is 20.8 Å². The van der Waals surface area contributed by atoms with Crippen LogP contribution in [0.4, 0.5) is 0 Å². The van der Waals surface area contributed by atoms with Gasteiger partial charge in [-0.05, 0) is 68.3 Å². The molecule has 0 aliphatic heterocycles. The topological polar surface area (TPSA) is 30.7 Å². The van der Waals surface area contributed by atoms with Gasteiger partial charge in [0.2, 0.25) is 0 Å². The first-order valence-corrected chi connectivity index (χ1v) is 10.4. The van der Waals surface area contributed by atoms with Crippen molar-refractivity contribution in [3.63, 3.8) is 0 Å². The Morgan fingerprint density at radius 2 is 1.59 bits per heavy atom. The summed E-state index contributed by atoms with van der Waals surface area (Å²) in [5.41, 5.74) is 8.92. The standard InChI is InChI=1S/C25H20BrN3/c1-15-4-11-23-21(12-15)25-22(14-27-23)24(18-6-8-19(26)9-7-18)28-29(25)20-10-5-16(2)17(3)13-20/h4-14H,1-3H3. The second-order valence-electron chi connectivity index (χ2n) is 7.58. The summed E-state index contributed by atoms with van der Waals surface area (Å²) >= 11 is 3.53. The Balaban J connectivity index is 1.90. The molecule has 2 aromatic heterocycles. The van der Waals surface area contributed by atoms with E-state index in [0.29, 0.717) is 0 Å². The van der Waals surface area contributed by atoms with Gasteiger partial charge in [0.25, 0.3) is 0 Å². The van der Waals surface area contributed by atoms with E-state index in [0.717, 1.165) is 43.2 Å².